The molecule has 1 aromatic carbocycles. The van der Waals surface area contributed by atoms with Gasteiger partial charge in [0, 0.05) is 25.8 Å². The first kappa shape index (κ1) is 15.7. The Morgan fingerprint density at radius 1 is 1.12 bits per heavy atom. The molecule has 0 bridgehead atoms. The fraction of sp³-hybridized carbons (Fsp3) is 0.312. The average Bonchev–Trinajstić information content (AvgIpc) is 2.92. The minimum absolute atomic E-state index is 0.167. The van der Waals surface area contributed by atoms with Gasteiger partial charge in [0.2, 0.25) is 0 Å². The van der Waals surface area contributed by atoms with Gasteiger partial charge in [-0.3, -0.25) is 4.68 Å². The average molecular weight is 348 g/mol. The first-order valence-corrected chi connectivity index (χ1v) is 7.73. The number of nitrogens with one attached hydrogen (secondary N) is 1. The number of fused-ring (bicyclic) bond motifs is 1. The molecule has 130 valence electrons. The number of alkyl halides is 3. The summed E-state index contributed by atoms with van der Waals surface area (Å²) in [5.41, 5.74) is 0.892. The Hall–Kier alpha value is -2.84. The Labute approximate surface area is 141 Å². The quantitative estimate of drug-likeness (QED) is 0.789. The van der Waals surface area contributed by atoms with Crippen molar-refractivity contribution in [1.82, 2.24) is 19.7 Å². The van der Waals surface area contributed by atoms with E-state index in [1.165, 1.54) is 18.5 Å². The second-order valence-corrected chi connectivity index (χ2v) is 6.02. The van der Waals surface area contributed by atoms with Crippen LogP contribution in [0.15, 0.2) is 36.8 Å². The van der Waals surface area contributed by atoms with E-state index >= 15 is 0 Å². The van der Waals surface area contributed by atoms with Crippen LogP contribution >= 0.6 is 0 Å². The highest BCUT2D eigenvalue weighted by molar-refractivity contribution is 5.86. The summed E-state index contributed by atoms with van der Waals surface area (Å²) in [6.07, 6.45) is -1.11. The van der Waals surface area contributed by atoms with Crippen LogP contribution in [0.4, 0.5) is 24.7 Å². The van der Waals surface area contributed by atoms with Crippen LogP contribution in [0.1, 0.15) is 5.56 Å². The van der Waals surface area contributed by atoms with Gasteiger partial charge in [-0.2, -0.15) is 18.3 Å². The van der Waals surface area contributed by atoms with Crippen LogP contribution in [0.25, 0.3) is 11.0 Å². The summed E-state index contributed by atoms with van der Waals surface area (Å²) in [6.45, 7) is 1.38. The lowest BCUT2D eigenvalue weighted by molar-refractivity contribution is -0.137. The third-order valence-corrected chi connectivity index (χ3v) is 4.31. The predicted octanol–water partition coefficient (Wildman–Crippen LogP) is 2.68. The number of rotatable bonds is 3. The van der Waals surface area contributed by atoms with Gasteiger partial charge in [-0.25, -0.2) is 9.97 Å². The van der Waals surface area contributed by atoms with E-state index in [0.717, 1.165) is 34.7 Å². The van der Waals surface area contributed by atoms with Gasteiger partial charge in [0.1, 0.15) is 12.1 Å². The van der Waals surface area contributed by atoms with Crippen LogP contribution in [-0.4, -0.2) is 38.9 Å². The molecule has 4 rings (SSSR count). The van der Waals surface area contributed by atoms with Crippen LogP contribution in [0.5, 0.6) is 0 Å². The molecule has 0 aliphatic carbocycles. The zero-order chi connectivity index (χ0) is 17.6. The van der Waals surface area contributed by atoms with Gasteiger partial charge in [-0.05, 0) is 24.3 Å². The molecular formula is C16H15F3N6. The number of anilines is 2. The van der Waals surface area contributed by atoms with Gasteiger partial charge in [0.05, 0.1) is 23.2 Å². The van der Waals surface area contributed by atoms with Crippen LogP contribution in [0.3, 0.4) is 0 Å². The lowest BCUT2D eigenvalue weighted by Gasteiger charge is -2.41. The molecule has 0 unspecified atom stereocenters. The predicted molar refractivity (Wildman–Crippen MR) is 87.4 cm³/mol. The maximum Gasteiger partial charge on any atom is 0.416 e. The summed E-state index contributed by atoms with van der Waals surface area (Å²) in [5, 5.41) is 8.36. The number of aromatic nitrogens is 4. The summed E-state index contributed by atoms with van der Waals surface area (Å²) >= 11 is 0. The standard InChI is InChI=1S/C16H15F3N6/c1-24-15-13(6-22-24)14(20-9-21-15)23-11-7-25(8-11)12-4-2-10(3-5-12)16(17,18)19/h2-6,9,11H,7-8H2,1H3,(H,20,21,23). The number of halogens is 3. The van der Waals surface area contributed by atoms with Gasteiger partial charge in [0.15, 0.2) is 5.65 Å². The molecule has 2 aromatic heterocycles. The second kappa shape index (κ2) is 5.61. The molecule has 0 radical (unpaired) electrons. The smallest absolute Gasteiger partial charge is 0.367 e. The van der Waals surface area contributed by atoms with E-state index in [1.54, 1.807) is 10.9 Å². The fourth-order valence-electron chi connectivity index (χ4n) is 2.91. The topological polar surface area (TPSA) is 58.9 Å². The van der Waals surface area contributed by atoms with E-state index in [2.05, 4.69) is 20.4 Å². The minimum atomic E-state index is -4.31. The Bertz CT molecular complexity index is 896. The maximum absolute atomic E-state index is 12.6. The molecule has 1 saturated heterocycles. The largest absolute Gasteiger partial charge is 0.416 e. The normalized spacial score (nSPS) is 15.4. The molecule has 0 spiro atoms. The highest BCUT2D eigenvalue weighted by Gasteiger charge is 2.31. The lowest BCUT2D eigenvalue weighted by Crippen LogP contribution is -2.55. The summed E-state index contributed by atoms with van der Waals surface area (Å²) in [4.78, 5) is 10.5. The molecule has 0 saturated carbocycles. The van der Waals surface area contributed by atoms with Crippen LogP contribution in [0.2, 0.25) is 0 Å². The summed E-state index contributed by atoms with van der Waals surface area (Å²) in [5.74, 6) is 0.718. The zero-order valence-corrected chi connectivity index (χ0v) is 13.3. The van der Waals surface area contributed by atoms with Gasteiger partial charge >= 0.3 is 6.18 Å². The number of hydrogen-bond acceptors (Lipinski definition) is 5. The molecule has 25 heavy (non-hydrogen) atoms. The molecule has 1 aliphatic rings. The van der Waals surface area contributed by atoms with E-state index in [9.17, 15) is 13.2 Å². The Morgan fingerprint density at radius 3 is 2.52 bits per heavy atom. The molecule has 1 N–H and O–H groups in total. The first-order chi connectivity index (χ1) is 11.9. The summed E-state index contributed by atoms with van der Waals surface area (Å²) in [6, 6.07) is 5.39. The van der Waals surface area contributed by atoms with Gasteiger partial charge < -0.3 is 10.2 Å². The number of benzene rings is 1. The van der Waals surface area contributed by atoms with Gasteiger partial charge in [-0.1, -0.05) is 0 Å². The van der Waals surface area contributed by atoms with Gasteiger partial charge in [0.25, 0.3) is 0 Å². The monoisotopic (exact) mass is 348 g/mol. The van der Waals surface area contributed by atoms with Crippen molar-refractivity contribution in [3.05, 3.63) is 42.4 Å². The van der Waals surface area contributed by atoms with Crippen molar-refractivity contribution in [1.29, 1.82) is 0 Å². The molecule has 0 atom stereocenters. The van der Waals surface area contributed by atoms with E-state index in [0.29, 0.717) is 13.1 Å². The van der Waals surface area contributed by atoms with Crippen LogP contribution in [0, 0.1) is 0 Å². The van der Waals surface area contributed by atoms with Gasteiger partial charge in [-0.15, -0.1) is 0 Å². The Balaban J connectivity index is 1.42. The number of hydrogen-bond donors (Lipinski definition) is 1. The van der Waals surface area contributed by atoms with Crippen LogP contribution < -0.4 is 10.2 Å². The second-order valence-electron chi connectivity index (χ2n) is 6.02. The van der Waals surface area contributed by atoms with Crippen molar-refractivity contribution < 1.29 is 13.2 Å². The van der Waals surface area contributed by atoms with Crippen molar-refractivity contribution >= 4 is 22.5 Å². The molecular weight excluding hydrogens is 333 g/mol. The van der Waals surface area contributed by atoms with Crippen molar-refractivity contribution in [2.75, 3.05) is 23.3 Å². The van der Waals surface area contributed by atoms with Crippen LogP contribution in [-0.2, 0) is 13.2 Å². The van der Waals surface area contributed by atoms with Crippen molar-refractivity contribution in [3.8, 4) is 0 Å². The highest BCUT2D eigenvalue weighted by atomic mass is 19.4. The van der Waals surface area contributed by atoms with E-state index in [4.69, 9.17) is 0 Å². The third kappa shape index (κ3) is 2.86. The molecule has 0 amide bonds. The number of nitrogens with zero attached hydrogens (tertiary/aromatic N) is 5. The summed E-state index contributed by atoms with van der Waals surface area (Å²) in [7, 11) is 1.81. The highest BCUT2D eigenvalue weighted by Crippen LogP contribution is 2.31. The SMILES string of the molecule is Cn1ncc2c(NC3CN(c4ccc(C(F)(F)F)cc4)C3)ncnc21. The summed E-state index contributed by atoms with van der Waals surface area (Å²) < 4.78 is 39.5. The third-order valence-electron chi connectivity index (χ3n) is 4.31. The number of aryl methyl sites for hydroxylation is 1. The maximum atomic E-state index is 12.6. The van der Waals surface area contributed by atoms with Crippen molar-refractivity contribution in [3.63, 3.8) is 0 Å². The van der Waals surface area contributed by atoms with Crippen molar-refractivity contribution in [2.45, 2.75) is 12.2 Å². The minimum Gasteiger partial charge on any atom is -0.367 e. The fourth-order valence-corrected chi connectivity index (χ4v) is 2.91. The molecule has 9 heteroatoms. The van der Waals surface area contributed by atoms with E-state index < -0.39 is 11.7 Å². The van der Waals surface area contributed by atoms with E-state index in [1.807, 2.05) is 11.9 Å². The first-order valence-electron chi connectivity index (χ1n) is 7.73. The molecule has 6 nitrogen and oxygen atoms in total. The Kier molecular flexibility index (Phi) is 3.52. The Morgan fingerprint density at radius 2 is 1.84 bits per heavy atom. The molecule has 3 aromatic rings. The van der Waals surface area contributed by atoms with E-state index in [-0.39, 0.29) is 6.04 Å². The molecule has 3 heterocycles. The van der Waals surface area contributed by atoms with Crippen molar-refractivity contribution in [2.24, 2.45) is 7.05 Å². The lowest BCUT2D eigenvalue weighted by atomic mass is 10.1. The zero-order valence-electron chi connectivity index (χ0n) is 13.3. The molecule has 1 aliphatic heterocycles. The molecule has 1 fully saturated rings.